The van der Waals surface area contributed by atoms with Crippen LogP contribution >= 0.6 is 0 Å². The summed E-state index contributed by atoms with van der Waals surface area (Å²) in [6.07, 6.45) is 5.07. The standard InChI is InChI=1S/C16H30N4/c1-6-9-17-15-14(13(4)5)16(19-12-18-15)20(10-7-2)11-8-3/h12-13H,6-11H2,1-5H3,(H,17,18,19). The molecular weight excluding hydrogens is 248 g/mol. The number of hydrogen-bond donors (Lipinski definition) is 1. The molecule has 0 amide bonds. The molecule has 0 aliphatic rings. The van der Waals surface area contributed by atoms with Gasteiger partial charge in [-0.05, 0) is 25.2 Å². The summed E-state index contributed by atoms with van der Waals surface area (Å²) in [7, 11) is 0. The molecule has 0 unspecified atom stereocenters. The molecule has 4 heteroatoms. The van der Waals surface area contributed by atoms with Crippen molar-refractivity contribution in [2.45, 2.75) is 59.8 Å². The fourth-order valence-electron chi connectivity index (χ4n) is 2.42. The summed E-state index contributed by atoms with van der Waals surface area (Å²) >= 11 is 0. The van der Waals surface area contributed by atoms with Gasteiger partial charge in [0, 0.05) is 25.2 Å². The van der Waals surface area contributed by atoms with Gasteiger partial charge in [-0.3, -0.25) is 0 Å². The van der Waals surface area contributed by atoms with E-state index in [1.165, 1.54) is 5.56 Å². The first kappa shape index (κ1) is 16.7. The van der Waals surface area contributed by atoms with Crippen molar-refractivity contribution in [1.82, 2.24) is 9.97 Å². The second-order valence-corrected chi connectivity index (χ2v) is 5.53. The van der Waals surface area contributed by atoms with Crippen LogP contribution in [0.2, 0.25) is 0 Å². The molecule has 1 aromatic heterocycles. The van der Waals surface area contributed by atoms with Gasteiger partial charge in [0.2, 0.25) is 0 Å². The highest BCUT2D eigenvalue weighted by Crippen LogP contribution is 2.31. The Hall–Kier alpha value is -1.32. The first-order chi connectivity index (χ1) is 9.65. The van der Waals surface area contributed by atoms with E-state index in [2.05, 4.69) is 54.8 Å². The van der Waals surface area contributed by atoms with Gasteiger partial charge in [0.15, 0.2) is 0 Å². The average Bonchev–Trinajstić information content (AvgIpc) is 2.44. The molecule has 0 bridgehead atoms. The molecule has 20 heavy (non-hydrogen) atoms. The maximum absolute atomic E-state index is 4.58. The quantitative estimate of drug-likeness (QED) is 0.740. The third kappa shape index (κ3) is 4.36. The van der Waals surface area contributed by atoms with Gasteiger partial charge in [-0.1, -0.05) is 34.6 Å². The Balaban J connectivity index is 3.15. The van der Waals surface area contributed by atoms with E-state index in [0.717, 1.165) is 50.5 Å². The number of nitrogens with zero attached hydrogens (tertiary/aromatic N) is 3. The fraction of sp³-hybridized carbons (Fsp3) is 0.750. The Morgan fingerprint density at radius 2 is 1.70 bits per heavy atom. The number of aromatic nitrogens is 2. The van der Waals surface area contributed by atoms with Crippen LogP contribution < -0.4 is 10.2 Å². The molecule has 0 saturated carbocycles. The summed E-state index contributed by atoms with van der Waals surface area (Å²) in [6.45, 7) is 14.1. The Labute approximate surface area is 124 Å². The maximum atomic E-state index is 4.58. The van der Waals surface area contributed by atoms with Crippen LogP contribution in [0.1, 0.15) is 65.4 Å². The number of anilines is 2. The number of rotatable bonds is 9. The third-order valence-electron chi connectivity index (χ3n) is 3.27. The van der Waals surface area contributed by atoms with Crippen LogP contribution in [-0.2, 0) is 0 Å². The van der Waals surface area contributed by atoms with E-state index in [1.54, 1.807) is 6.33 Å². The van der Waals surface area contributed by atoms with Gasteiger partial charge in [-0.25, -0.2) is 9.97 Å². The van der Waals surface area contributed by atoms with Gasteiger partial charge in [0.25, 0.3) is 0 Å². The highest BCUT2D eigenvalue weighted by Gasteiger charge is 2.18. The molecule has 0 radical (unpaired) electrons. The molecule has 0 spiro atoms. The number of hydrogen-bond acceptors (Lipinski definition) is 4. The second kappa shape index (κ2) is 8.77. The van der Waals surface area contributed by atoms with E-state index in [0.29, 0.717) is 5.92 Å². The van der Waals surface area contributed by atoms with Crippen LogP contribution in [0.15, 0.2) is 6.33 Å². The minimum absolute atomic E-state index is 0.418. The highest BCUT2D eigenvalue weighted by atomic mass is 15.2. The van der Waals surface area contributed by atoms with Crippen LogP contribution in [0.5, 0.6) is 0 Å². The molecule has 0 aromatic carbocycles. The van der Waals surface area contributed by atoms with Crippen LogP contribution in [-0.4, -0.2) is 29.6 Å². The van der Waals surface area contributed by atoms with E-state index in [-0.39, 0.29) is 0 Å². The van der Waals surface area contributed by atoms with Gasteiger partial charge < -0.3 is 10.2 Å². The van der Waals surface area contributed by atoms with Crippen molar-refractivity contribution in [3.63, 3.8) is 0 Å². The highest BCUT2D eigenvalue weighted by molar-refractivity contribution is 5.60. The predicted octanol–water partition coefficient (Wildman–Crippen LogP) is 4.05. The van der Waals surface area contributed by atoms with Crippen molar-refractivity contribution < 1.29 is 0 Å². The summed E-state index contributed by atoms with van der Waals surface area (Å²) in [4.78, 5) is 11.4. The molecule has 114 valence electrons. The minimum atomic E-state index is 0.418. The van der Waals surface area contributed by atoms with Crippen molar-refractivity contribution in [3.8, 4) is 0 Å². The van der Waals surface area contributed by atoms with Gasteiger partial charge in [0.1, 0.15) is 18.0 Å². The normalized spacial score (nSPS) is 10.9. The SMILES string of the molecule is CCCNc1ncnc(N(CCC)CCC)c1C(C)C. The smallest absolute Gasteiger partial charge is 0.137 e. The zero-order valence-electron chi connectivity index (χ0n) is 13.7. The lowest BCUT2D eigenvalue weighted by Gasteiger charge is -2.27. The lowest BCUT2D eigenvalue weighted by molar-refractivity contribution is 0.716. The van der Waals surface area contributed by atoms with E-state index in [4.69, 9.17) is 0 Å². The largest absolute Gasteiger partial charge is 0.370 e. The molecule has 0 fully saturated rings. The first-order valence-corrected chi connectivity index (χ1v) is 7.99. The van der Waals surface area contributed by atoms with E-state index < -0.39 is 0 Å². The summed E-state index contributed by atoms with van der Waals surface area (Å²) in [6, 6.07) is 0. The molecule has 1 N–H and O–H groups in total. The lowest BCUT2D eigenvalue weighted by Crippen LogP contribution is -2.28. The Morgan fingerprint density at radius 1 is 1.05 bits per heavy atom. The zero-order chi connectivity index (χ0) is 15.0. The Morgan fingerprint density at radius 3 is 2.20 bits per heavy atom. The lowest BCUT2D eigenvalue weighted by atomic mass is 10.0. The van der Waals surface area contributed by atoms with Crippen molar-refractivity contribution in [2.24, 2.45) is 0 Å². The number of nitrogens with one attached hydrogen (secondary N) is 1. The van der Waals surface area contributed by atoms with Gasteiger partial charge in [-0.15, -0.1) is 0 Å². The van der Waals surface area contributed by atoms with E-state index >= 15 is 0 Å². The van der Waals surface area contributed by atoms with Crippen LogP contribution in [0.4, 0.5) is 11.6 Å². The molecule has 1 aromatic rings. The van der Waals surface area contributed by atoms with E-state index in [9.17, 15) is 0 Å². The predicted molar refractivity (Wildman–Crippen MR) is 87.7 cm³/mol. The Bertz CT molecular complexity index is 384. The first-order valence-electron chi connectivity index (χ1n) is 7.99. The van der Waals surface area contributed by atoms with Gasteiger partial charge in [0.05, 0.1) is 0 Å². The molecule has 0 saturated heterocycles. The molecule has 0 atom stereocenters. The fourth-order valence-corrected chi connectivity index (χ4v) is 2.42. The van der Waals surface area contributed by atoms with Gasteiger partial charge in [-0.2, -0.15) is 0 Å². The molecule has 4 nitrogen and oxygen atoms in total. The molecule has 1 heterocycles. The third-order valence-corrected chi connectivity index (χ3v) is 3.27. The summed E-state index contributed by atoms with van der Waals surface area (Å²) < 4.78 is 0. The zero-order valence-corrected chi connectivity index (χ0v) is 13.7. The molecule has 0 aliphatic carbocycles. The summed E-state index contributed by atoms with van der Waals surface area (Å²) in [5.41, 5.74) is 1.25. The van der Waals surface area contributed by atoms with Crippen LogP contribution in [0.3, 0.4) is 0 Å². The minimum Gasteiger partial charge on any atom is -0.370 e. The van der Waals surface area contributed by atoms with Gasteiger partial charge >= 0.3 is 0 Å². The molecular formula is C16H30N4. The van der Waals surface area contributed by atoms with Crippen molar-refractivity contribution in [1.29, 1.82) is 0 Å². The monoisotopic (exact) mass is 278 g/mol. The van der Waals surface area contributed by atoms with Crippen molar-refractivity contribution in [2.75, 3.05) is 29.9 Å². The van der Waals surface area contributed by atoms with Crippen LogP contribution in [0.25, 0.3) is 0 Å². The van der Waals surface area contributed by atoms with Crippen LogP contribution in [0, 0.1) is 0 Å². The topological polar surface area (TPSA) is 41.1 Å². The van der Waals surface area contributed by atoms with Crippen molar-refractivity contribution in [3.05, 3.63) is 11.9 Å². The molecule has 1 rings (SSSR count). The van der Waals surface area contributed by atoms with Crippen molar-refractivity contribution >= 4 is 11.6 Å². The summed E-state index contributed by atoms with van der Waals surface area (Å²) in [5.74, 6) is 2.53. The van der Waals surface area contributed by atoms with E-state index in [1.807, 2.05) is 0 Å². The summed E-state index contributed by atoms with van der Waals surface area (Å²) in [5, 5.41) is 3.45. The maximum Gasteiger partial charge on any atom is 0.137 e. The Kier molecular flexibility index (Phi) is 7.34. The second-order valence-electron chi connectivity index (χ2n) is 5.53. The average molecular weight is 278 g/mol. The molecule has 0 aliphatic heterocycles.